The quantitative estimate of drug-likeness (QED) is 0.246. The zero-order chi connectivity index (χ0) is 34.2. The second-order valence-electron chi connectivity index (χ2n) is 12.7. The van der Waals surface area contributed by atoms with E-state index < -0.39 is 27.8 Å². The molecule has 48 heavy (non-hydrogen) atoms. The summed E-state index contributed by atoms with van der Waals surface area (Å²) in [6.07, 6.45) is 3.32. The van der Waals surface area contributed by atoms with Crippen LogP contribution in [0.25, 0.3) is 28.1 Å². The number of hydrogen-bond acceptors (Lipinski definition) is 7. The number of ether oxygens (including phenoxy) is 1. The molecule has 0 spiro atoms. The largest absolute Gasteiger partial charge is 0.444 e. The van der Waals surface area contributed by atoms with Crippen LogP contribution in [0.15, 0.2) is 67.1 Å². The van der Waals surface area contributed by atoms with Crippen LogP contribution in [0.2, 0.25) is 5.02 Å². The van der Waals surface area contributed by atoms with Crippen molar-refractivity contribution in [2.45, 2.75) is 39.0 Å². The lowest BCUT2D eigenvalue weighted by molar-refractivity contribution is 0.0240. The molecular formula is C33H36ClF2N7O4S. The topological polar surface area (TPSA) is 113 Å². The molecular weight excluding hydrogens is 664 g/mol. The molecule has 11 nitrogen and oxygen atoms in total. The maximum absolute atomic E-state index is 16.2. The zero-order valence-electron chi connectivity index (χ0n) is 26.7. The summed E-state index contributed by atoms with van der Waals surface area (Å²) in [4.78, 5) is 20.4. The molecule has 4 aromatic rings. The van der Waals surface area contributed by atoms with Gasteiger partial charge in [0.1, 0.15) is 17.5 Å². The van der Waals surface area contributed by atoms with Gasteiger partial charge in [-0.3, -0.25) is 9.71 Å². The van der Waals surface area contributed by atoms with Gasteiger partial charge in [0.15, 0.2) is 5.82 Å². The molecule has 254 valence electrons. The van der Waals surface area contributed by atoms with E-state index in [1.54, 1.807) is 40.3 Å². The molecule has 0 bridgehead atoms. The zero-order valence-corrected chi connectivity index (χ0v) is 28.3. The highest BCUT2D eigenvalue weighted by Gasteiger charge is 2.33. The van der Waals surface area contributed by atoms with Crippen molar-refractivity contribution in [3.05, 3.63) is 78.0 Å². The number of carbonyl (C=O) groups is 1. The van der Waals surface area contributed by atoms with Crippen LogP contribution < -0.4 is 9.62 Å². The summed E-state index contributed by atoms with van der Waals surface area (Å²) < 4.78 is 66.2. The smallest absolute Gasteiger partial charge is 0.410 e. The van der Waals surface area contributed by atoms with E-state index in [0.717, 1.165) is 9.99 Å². The fourth-order valence-corrected chi connectivity index (χ4v) is 7.16. The molecule has 1 atom stereocenters. The van der Waals surface area contributed by atoms with E-state index in [1.165, 1.54) is 12.1 Å². The molecule has 2 aliphatic heterocycles. The number of piperazine rings is 1. The Morgan fingerprint density at radius 3 is 2.27 bits per heavy atom. The fraction of sp³-hybridized carbons (Fsp3) is 0.364. The molecule has 1 amide bonds. The van der Waals surface area contributed by atoms with E-state index in [-0.39, 0.29) is 41.9 Å². The Morgan fingerprint density at radius 2 is 1.65 bits per heavy atom. The summed E-state index contributed by atoms with van der Waals surface area (Å²) in [6.45, 7) is 7.58. The molecule has 4 heterocycles. The summed E-state index contributed by atoms with van der Waals surface area (Å²) in [6, 6.07) is 13.8. The van der Waals surface area contributed by atoms with Gasteiger partial charge in [-0.05, 0) is 75.7 Å². The maximum atomic E-state index is 16.2. The molecule has 0 unspecified atom stereocenters. The summed E-state index contributed by atoms with van der Waals surface area (Å²) in [7, 11) is -4.23. The summed E-state index contributed by atoms with van der Waals surface area (Å²) in [5, 5.41) is 4.89. The van der Waals surface area contributed by atoms with E-state index in [9.17, 15) is 17.6 Å². The Bertz CT molecular complexity index is 1900. The first-order chi connectivity index (χ1) is 22.8. The Balaban J connectivity index is 1.28. The highest BCUT2D eigenvalue weighted by molar-refractivity contribution is 7.90. The molecule has 2 aromatic heterocycles. The van der Waals surface area contributed by atoms with Crippen LogP contribution in [0.4, 0.5) is 25.0 Å². The first-order valence-corrected chi connectivity index (χ1v) is 17.3. The molecule has 2 saturated heterocycles. The number of carbonyl (C=O) groups excluding carboxylic acids is 1. The number of amides is 1. The van der Waals surface area contributed by atoms with Crippen molar-refractivity contribution in [3.63, 3.8) is 0 Å². The van der Waals surface area contributed by atoms with Crippen LogP contribution in [-0.4, -0.2) is 89.5 Å². The van der Waals surface area contributed by atoms with Crippen molar-refractivity contribution in [2.24, 2.45) is 0 Å². The minimum absolute atomic E-state index is 0.00835. The van der Waals surface area contributed by atoms with Gasteiger partial charge in [0, 0.05) is 85.3 Å². The molecule has 1 N–H and O–H groups in total. The van der Waals surface area contributed by atoms with Crippen molar-refractivity contribution < 1.29 is 26.7 Å². The van der Waals surface area contributed by atoms with E-state index in [0.29, 0.717) is 48.7 Å². The molecule has 2 fully saturated rings. The fourth-order valence-electron chi connectivity index (χ4n) is 5.69. The summed E-state index contributed by atoms with van der Waals surface area (Å²) >= 11 is 6.41. The van der Waals surface area contributed by atoms with Crippen LogP contribution in [0.1, 0.15) is 27.2 Å². The Morgan fingerprint density at radius 1 is 0.979 bits per heavy atom. The lowest BCUT2D eigenvalue weighted by atomic mass is 10.0. The normalized spacial score (nSPS) is 17.5. The monoisotopic (exact) mass is 699 g/mol. The number of rotatable bonds is 7. The van der Waals surface area contributed by atoms with Gasteiger partial charge in [-0.2, -0.15) is 17.8 Å². The number of pyridine rings is 1. The standard InChI is InChI=1S/C33H36ClF2N7O4S/c1-33(2,3)47-32(44)41-16-14-40(15-17-41)25-4-6-26(7-5-25)43-21-28(31(38-43)22-8-11-37-12-9-22)27-18-23(34)19-29(30(27)36)39-48(45,46)42-13-10-24(35)20-42/h4-9,11-12,18-19,21,24,39H,10,13-17,20H2,1-3H3/t24-/m1/s1. The second kappa shape index (κ2) is 13.3. The number of nitrogens with one attached hydrogen (secondary N) is 1. The molecule has 15 heteroatoms. The second-order valence-corrected chi connectivity index (χ2v) is 14.8. The molecule has 0 saturated carbocycles. The lowest BCUT2D eigenvalue weighted by Gasteiger charge is -2.36. The van der Waals surface area contributed by atoms with Gasteiger partial charge >= 0.3 is 16.3 Å². The molecule has 2 aliphatic rings. The molecule has 2 aromatic carbocycles. The number of nitrogens with zero attached hydrogens (tertiary/aromatic N) is 6. The van der Waals surface area contributed by atoms with Gasteiger partial charge in [-0.25, -0.2) is 18.3 Å². The van der Waals surface area contributed by atoms with Gasteiger partial charge in [0.25, 0.3) is 0 Å². The van der Waals surface area contributed by atoms with Crippen molar-refractivity contribution in [2.75, 3.05) is 48.9 Å². The third-order valence-corrected chi connectivity index (χ3v) is 9.79. The van der Waals surface area contributed by atoms with Gasteiger partial charge < -0.3 is 14.5 Å². The minimum Gasteiger partial charge on any atom is -0.444 e. The maximum Gasteiger partial charge on any atom is 0.410 e. The Hall–Kier alpha value is -4.27. The average molecular weight is 700 g/mol. The molecule has 0 aliphatic carbocycles. The lowest BCUT2D eigenvalue weighted by Crippen LogP contribution is -2.50. The number of alkyl halides is 1. The van der Waals surface area contributed by atoms with Crippen molar-refractivity contribution in [1.29, 1.82) is 0 Å². The predicted octanol–water partition coefficient (Wildman–Crippen LogP) is 6.15. The summed E-state index contributed by atoms with van der Waals surface area (Å²) in [5.74, 6) is -0.852. The van der Waals surface area contributed by atoms with Crippen molar-refractivity contribution >= 4 is 39.3 Å². The SMILES string of the molecule is CC(C)(C)OC(=O)N1CCN(c2ccc(-n3cc(-c4cc(Cl)cc(NS(=O)(=O)N5CC[C@@H](F)C5)c4F)c(-c4ccncc4)n3)cc2)CC1. The first kappa shape index (κ1) is 33.6. The minimum atomic E-state index is -4.23. The molecule has 0 radical (unpaired) electrons. The van der Waals surface area contributed by atoms with E-state index in [4.69, 9.17) is 21.4 Å². The highest BCUT2D eigenvalue weighted by Crippen LogP contribution is 2.38. The number of aromatic nitrogens is 3. The predicted molar refractivity (Wildman–Crippen MR) is 181 cm³/mol. The van der Waals surface area contributed by atoms with Gasteiger partial charge in [-0.15, -0.1) is 0 Å². The van der Waals surface area contributed by atoms with Crippen LogP contribution in [0, 0.1) is 5.82 Å². The number of benzene rings is 2. The first-order valence-electron chi connectivity index (χ1n) is 15.5. The van der Waals surface area contributed by atoms with Gasteiger partial charge in [0.2, 0.25) is 0 Å². The van der Waals surface area contributed by atoms with Crippen LogP contribution in [-0.2, 0) is 14.9 Å². The number of halogens is 3. The summed E-state index contributed by atoms with van der Waals surface area (Å²) in [5.41, 5.74) is 2.24. The van der Waals surface area contributed by atoms with Crippen LogP contribution in [0.5, 0.6) is 0 Å². The average Bonchev–Trinajstić information content (AvgIpc) is 3.70. The van der Waals surface area contributed by atoms with E-state index in [2.05, 4.69) is 14.6 Å². The van der Waals surface area contributed by atoms with E-state index in [1.807, 2.05) is 45.0 Å². The number of anilines is 2. The third kappa shape index (κ3) is 7.40. The molecule has 6 rings (SSSR count). The van der Waals surface area contributed by atoms with E-state index >= 15 is 4.39 Å². The Kier molecular flexibility index (Phi) is 9.33. The van der Waals surface area contributed by atoms with Crippen molar-refractivity contribution in [1.82, 2.24) is 24.0 Å². The van der Waals surface area contributed by atoms with Crippen LogP contribution >= 0.6 is 11.6 Å². The van der Waals surface area contributed by atoms with Gasteiger partial charge in [0.05, 0.1) is 11.4 Å². The Labute approximate surface area is 283 Å². The van der Waals surface area contributed by atoms with Gasteiger partial charge in [-0.1, -0.05) is 11.6 Å². The third-order valence-electron chi connectivity index (χ3n) is 8.08. The van der Waals surface area contributed by atoms with Crippen molar-refractivity contribution in [3.8, 4) is 28.1 Å². The number of hydrogen-bond donors (Lipinski definition) is 1. The highest BCUT2D eigenvalue weighted by atomic mass is 35.5. The van der Waals surface area contributed by atoms with Crippen LogP contribution in [0.3, 0.4) is 0 Å².